The zero-order chi connectivity index (χ0) is 24.1. The minimum atomic E-state index is -1.07. The van der Waals surface area contributed by atoms with E-state index in [9.17, 15) is 18.9 Å². The van der Waals surface area contributed by atoms with Gasteiger partial charge in [-0.1, -0.05) is 48.6 Å². The normalized spacial score (nSPS) is 10.8. The van der Waals surface area contributed by atoms with Gasteiger partial charge in [0.1, 0.15) is 10.7 Å². The summed E-state index contributed by atoms with van der Waals surface area (Å²) in [5, 5.41) is 11.9. The molecular weight excluding hydrogens is 478 g/mol. The summed E-state index contributed by atoms with van der Waals surface area (Å²) in [7, 11) is 0. The highest BCUT2D eigenvalue weighted by atomic mass is 32.2. The Morgan fingerprint density at radius 1 is 1.12 bits per heavy atom. The van der Waals surface area contributed by atoms with Crippen LogP contribution in [-0.4, -0.2) is 44.2 Å². The van der Waals surface area contributed by atoms with Crippen LogP contribution in [-0.2, 0) is 16.3 Å². The highest BCUT2D eigenvalue weighted by Crippen LogP contribution is 2.28. The molecule has 172 valence electrons. The van der Waals surface area contributed by atoms with Gasteiger partial charge in [-0.15, -0.1) is 0 Å². The van der Waals surface area contributed by atoms with Crippen LogP contribution in [0.15, 0.2) is 77.3 Å². The molecule has 3 N–H and O–H groups in total. The first-order chi connectivity index (χ1) is 16.0. The van der Waals surface area contributed by atoms with Gasteiger partial charge in [-0.2, -0.15) is 20.3 Å². The van der Waals surface area contributed by atoms with E-state index in [2.05, 4.69) is 14.7 Å². The molecule has 0 spiro atoms. The van der Waals surface area contributed by atoms with Crippen molar-refractivity contribution >= 4 is 53.0 Å². The molecule has 2 aromatic carbocycles. The van der Waals surface area contributed by atoms with Crippen LogP contribution in [0, 0.1) is 4.64 Å². The number of rotatable bonds is 8. The first kappa shape index (κ1) is 26.2. The van der Waals surface area contributed by atoms with Gasteiger partial charge in [0, 0.05) is 11.8 Å². The van der Waals surface area contributed by atoms with Gasteiger partial charge in [-0.3, -0.25) is 4.79 Å². The predicted molar refractivity (Wildman–Crippen MR) is 136 cm³/mol. The highest BCUT2D eigenvalue weighted by molar-refractivity contribution is 7.98. The maximum atomic E-state index is 12.7. The lowest BCUT2D eigenvalue weighted by atomic mass is 9.98. The van der Waals surface area contributed by atoms with E-state index < -0.39 is 17.9 Å². The van der Waals surface area contributed by atoms with Gasteiger partial charge in [0.05, 0.1) is 5.69 Å². The molecule has 1 amide bonds. The summed E-state index contributed by atoms with van der Waals surface area (Å²) in [5.74, 6) is -0.914. The van der Waals surface area contributed by atoms with E-state index in [0.717, 1.165) is 10.2 Å². The molecule has 10 heteroatoms. The van der Waals surface area contributed by atoms with Crippen LogP contribution in [0.3, 0.4) is 0 Å². The highest BCUT2D eigenvalue weighted by Gasteiger charge is 2.22. The van der Waals surface area contributed by atoms with Crippen LogP contribution >= 0.6 is 24.0 Å². The third-order valence-electron chi connectivity index (χ3n) is 4.37. The lowest BCUT2D eigenvalue weighted by Gasteiger charge is -2.16. The van der Waals surface area contributed by atoms with Crippen molar-refractivity contribution in [1.29, 1.82) is 0 Å². The second-order valence-corrected chi connectivity index (χ2v) is 8.39. The number of aromatic nitrogens is 1. The number of pyridine rings is 1. The Labute approximate surface area is 204 Å². The molecule has 0 aliphatic rings. The maximum absolute atomic E-state index is 12.7. The van der Waals surface area contributed by atoms with Crippen molar-refractivity contribution in [3.8, 4) is 11.1 Å². The molecule has 1 atom stereocenters. The fourth-order valence-corrected chi connectivity index (χ4v) is 3.61. The van der Waals surface area contributed by atoms with Crippen LogP contribution < -0.4 is 5.32 Å². The Morgan fingerprint density at radius 2 is 1.85 bits per heavy atom. The third kappa shape index (κ3) is 8.76. The minimum absolute atomic E-state index is 0.0909. The molecule has 33 heavy (non-hydrogen) atoms. The first-order valence-electron chi connectivity index (χ1n) is 9.82. The second-order valence-electron chi connectivity index (χ2n) is 6.63. The predicted octanol–water partition coefficient (Wildman–Crippen LogP) is 5.06. The van der Waals surface area contributed by atoms with Crippen LogP contribution in [0.2, 0.25) is 0 Å². The summed E-state index contributed by atoms with van der Waals surface area (Å²) >= 11 is 6.37. The molecule has 0 aliphatic heterocycles. The van der Waals surface area contributed by atoms with Crippen LogP contribution in [0.25, 0.3) is 11.1 Å². The fourth-order valence-electron chi connectivity index (χ4n) is 2.79. The number of H-pyrrole nitrogens is 1. The summed E-state index contributed by atoms with van der Waals surface area (Å²) in [4.78, 5) is 26.9. The number of benzene rings is 2. The Morgan fingerprint density at radius 3 is 2.39 bits per heavy atom. The number of amides is 1. The van der Waals surface area contributed by atoms with Gasteiger partial charge < -0.3 is 15.4 Å². The van der Waals surface area contributed by atoms with E-state index in [1.165, 1.54) is 11.8 Å². The van der Waals surface area contributed by atoms with Gasteiger partial charge in [-0.25, -0.2) is 4.79 Å². The van der Waals surface area contributed by atoms with Gasteiger partial charge in [0.2, 0.25) is 11.5 Å². The molecule has 0 saturated carbocycles. The number of carbonyl (C=O) groups excluding carboxylic acids is 1. The third-order valence-corrected chi connectivity index (χ3v) is 5.55. The molecule has 0 radical (unpaired) electrons. The average Bonchev–Trinajstić information content (AvgIpc) is 2.83. The lowest BCUT2D eigenvalue weighted by molar-refractivity contribution is -0.139. The number of carbonyl (C=O) groups is 2. The molecule has 0 fully saturated rings. The Bertz CT molecular complexity index is 1160. The Balaban J connectivity index is 0.000000468. The SMILES string of the molecule is CSCCC(NC(=O)c1ccc(N=S=O)cc1-c1ccccc1)C(=O)O.S=c1cccc[nH]1. The van der Waals surface area contributed by atoms with E-state index in [-0.39, 0.29) is 11.5 Å². The molecule has 7 nitrogen and oxygen atoms in total. The van der Waals surface area contributed by atoms with Crippen molar-refractivity contribution < 1.29 is 18.9 Å². The van der Waals surface area contributed by atoms with Gasteiger partial charge in [0.25, 0.3) is 5.91 Å². The number of aromatic amines is 1. The zero-order valence-corrected chi connectivity index (χ0v) is 20.2. The smallest absolute Gasteiger partial charge is 0.326 e. The van der Waals surface area contributed by atoms with Gasteiger partial charge >= 0.3 is 5.97 Å². The monoisotopic (exact) mass is 501 g/mol. The molecule has 1 aromatic heterocycles. The summed E-state index contributed by atoms with van der Waals surface area (Å²) in [6, 6.07) is 18.6. The number of aliphatic carboxylic acids is 1. The molecule has 3 aromatic rings. The van der Waals surface area contributed by atoms with Crippen LogP contribution in [0.4, 0.5) is 5.69 Å². The zero-order valence-electron chi connectivity index (χ0n) is 17.8. The van der Waals surface area contributed by atoms with Gasteiger partial charge in [0.15, 0.2) is 0 Å². The maximum Gasteiger partial charge on any atom is 0.326 e. The van der Waals surface area contributed by atoms with E-state index in [1.54, 1.807) is 18.2 Å². The number of thioether (sulfide) groups is 1. The largest absolute Gasteiger partial charge is 0.480 e. The van der Waals surface area contributed by atoms with Crippen molar-refractivity contribution in [1.82, 2.24) is 10.3 Å². The Hall–Kier alpha value is -3.08. The van der Waals surface area contributed by atoms with Crippen LogP contribution in [0.1, 0.15) is 16.8 Å². The molecule has 3 rings (SSSR count). The lowest BCUT2D eigenvalue weighted by Crippen LogP contribution is -2.41. The Kier molecular flexibility index (Phi) is 11.2. The standard InChI is InChI=1S/C18H18N2O4S2.C5H5NS/c1-25-10-9-16(18(22)23)19-17(21)14-8-7-13(20-26-24)11-15(14)12-5-3-2-4-6-12;7-5-3-1-2-4-6-5/h2-8,11,16H,9-10H2,1H3,(H,19,21)(H,22,23);1-4H,(H,6,7). The fraction of sp³-hybridized carbons (Fsp3) is 0.174. The topological polar surface area (TPSA) is 112 Å². The van der Waals surface area contributed by atoms with E-state index >= 15 is 0 Å². The van der Waals surface area contributed by atoms with Crippen molar-refractivity contribution in [3.63, 3.8) is 0 Å². The molecule has 1 unspecified atom stereocenters. The summed E-state index contributed by atoms with van der Waals surface area (Å²) in [5.41, 5.74) is 2.15. The number of hydrogen-bond donors (Lipinski definition) is 3. The number of nitrogens with zero attached hydrogens (tertiary/aromatic N) is 1. The van der Waals surface area contributed by atoms with Crippen molar-refractivity contribution in [2.75, 3.05) is 12.0 Å². The van der Waals surface area contributed by atoms with Crippen molar-refractivity contribution in [3.05, 3.63) is 83.1 Å². The quantitative estimate of drug-likeness (QED) is 0.372. The number of carboxylic acids is 1. The molecule has 1 heterocycles. The summed E-state index contributed by atoms with van der Waals surface area (Å²) in [6.45, 7) is 0. The first-order valence-corrected chi connectivity index (χ1v) is 12.3. The van der Waals surface area contributed by atoms with Crippen molar-refractivity contribution in [2.24, 2.45) is 4.36 Å². The number of carboxylic acid groups (broad SMARTS) is 1. The molecule has 0 saturated heterocycles. The van der Waals surface area contributed by atoms with Crippen molar-refractivity contribution in [2.45, 2.75) is 12.5 Å². The average molecular weight is 502 g/mol. The number of hydrogen-bond acceptors (Lipinski definition) is 6. The van der Waals surface area contributed by atoms with Crippen LogP contribution in [0.5, 0.6) is 0 Å². The summed E-state index contributed by atoms with van der Waals surface area (Å²) in [6.07, 6.45) is 4.02. The summed E-state index contributed by atoms with van der Waals surface area (Å²) < 4.78 is 15.2. The van der Waals surface area contributed by atoms with E-state index in [1.807, 2.05) is 61.0 Å². The molecular formula is C23H23N3O4S3. The number of nitrogens with one attached hydrogen (secondary N) is 2. The molecule has 0 bridgehead atoms. The minimum Gasteiger partial charge on any atom is -0.480 e. The van der Waals surface area contributed by atoms with Gasteiger partial charge in [-0.05, 0) is 59.9 Å². The molecule has 0 aliphatic carbocycles. The van der Waals surface area contributed by atoms with E-state index in [4.69, 9.17) is 12.2 Å². The van der Waals surface area contributed by atoms with E-state index in [0.29, 0.717) is 29.0 Å². The second kappa shape index (κ2) is 14.1.